The molecule has 4 rings (SSSR count). The van der Waals surface area contributed by atoms with Gasteiger partial charge in [-0.15, -0.1) is 0 Å². The summed E-state index contributed by atoms with van der Waals surface area (Å²) in [7, 11) is 0. The van der Waals surface area contributed by atoms with E-state index in [4.69, 9.17) is 23.8 Å². The molecule has 0 radical (unpaired) electrons. The molecule has 33 heavy (non-hydrogen) atoms. The Labute approximate surface area is 195 Å². The van der Waals surface area contributed by atoms with Gasteiger partial charge in [-0.1, -0.05) is 23.7 Å². The number of thiocarbonyl (C=S) groups is 1. The van der Waals surface area contributed by atoms with Gasteiger partial charge in [0.25, 0.3) is 0 Å². The summed E-state index contributed by atoms with van der Waals surface area (Å²) in [6, 6.07) is 10.8. The van der Waals surface area contributed by atoms with Gasteiger partial charge in [-0.25, -0.2) is 17.6 Å². The van der Waals surface area contributed by atoms with Crippen molar-refractivity contribution in [1.29, 1.82) is 0 Å². The molecule has 0 amide bonds. The van der Waals surface area contributed by atoms with Crippen molar-refractivity contribution in [1.82, 2.24) is 19.6 Å². The van der Waals surface area contributed by atoms with Crippen molar-refractivity contribution >= 4 is 40.6 Å². The van der Waals surface area contributed by atoms with Crippen LogP contribution in [-0.2, 0) is 13.1 Å². The van der Waals surface area contributed by atoms with Gasteiger partial charge in [0.05, 0.1) is 18.7 Å². The summed E-state index contributed by atoms with van der Waals surface area (Å²) in [4.78, 5) is 0. The van der Waals surface area contributed by atoms with E-state index < -0.39 is 35.4 Å². The van der Waals surface area contributed by atoms with Gasteiger partial charge >= 0.3 is 0 Å². The second-order valence-electron chi connectivity index (χ2n) is 6.95. The van der Waals surface area contributed by atoms with E-state index in [9.17, 15) is 17.6 Å². The maximum absolute atomic E-state index is 13.9. The predicted molar refractivity (Wildman–Crippen MR) is 120 cm³/mol. The number of aromatic nitrogens is 4. The number of nitrogens with one attached hydrogen (secondary N) is 2. The van der Waals surface area contributed by atoms with Crippen LogP contribution in [0.2, 0.25) is 5.02 Å². The number of anilines is 2. The van der Waals surface area contributed by atoms with Crippen molar-refractivity contribution in [2.24, 2.45) is 0 Å². The molecule has 0 bridgehead atoms. The van der Waals surface area contributed by atoms with Gasteiger partial charge in [0.1, 0.15) is 0 Å². The third kappa shape index (κ3) is 5.49. The number of rotatable bonds is 6. The Kier molecular flexibility index (Phi) is 6.61. The third-order valence-electron chi connectivity index (χ3n) is 4.55. The summed E-state index contributed by atoms with van der Waals surface area (Å²) in [6.07, 6.45) is 3.16. The number of benzene rings is 2. The molecule has 170 valence electrons. The summed E-state index contributed by atoms with van der Waals surface area (Å²) in [6.45, 7) is 0.0283. The Morgan fingerprint density at radius 2 is 1.33 bits per heavy atom. The molecule has 4 aromatic rings. The van der Waals surface area contributed by atoms with Crippen molar-refractivity contribution in [3.63, 3.8) is 0 Å². The first-order chi connectivity index (χ1) is 15.8. The monoisotopic (exact) mass is 494 g/mol. The van der Waals surface area contributed by atoms with Crippen LogP contribution in [0.15, 0.2) is 54.9 Å². The summed E-state index contributed by atoms with van der Waals surface area (Å²) in [5.41, 5.74) is 0.250. The molecule has 2 N–H and O–H groups in total. The zero-order valence-electron chi connectivity index (χ0n) is 16.7. The highest BCUT2D eigenvalue weighted by molar-refractivity contribution is 7.80. The van der Waals surface area contributed by atoms with E-state index >= 15 is 0 Å². The molecule has 6 nitrogen and oxygen atoms in total. The Morgan fingerprint density at radius 1 is 0.818 bits per heavy atom. The summed E-state index contributed by atoms with van der Waals surface area (Å²) in [5, 5.41) is 15.0. The van der Waals surface area contributed by atoms with Crippen molar-refractivity contribution < 1.29 is 17.6 Å². The van der Waals surface area contributed by atoms with Gasteiger partial charge in [-0.05, 0) is 29.9 Å². The average molecular weight is 495 g/mol. The van der Waals surface area contributed by atoms with Crippen molar-refractivity contribution in [3.05, 3.63) is 94.3 Å². The van der Waals surface area contributed by atoms with Gasteiger partial charge in [-0.3, -0.25) is 9.36 Å². The van der Waals surface area contributed by atoms with Crippen molar-refractivity contribution in [3.8, 4) is 0 Å². The molecule has 2 heterocycles. The molecule has 0 aliphatic carbocycles. The molecule has 2 aromatic carbocycles. The van der Waals surface area contributed by atoms with E-state index in [1.54, 1.807) is 29.1 Å². The normalized spacial score (nSPS) is 10.9. The minimum absolute atomic E-state index is 0.158. The lowest BCUT2D eigenvalue weighted by atomic mass is 10.2. The van der Waals surface area contributed by atoms with E-state index in [0.717, 1.165) is 10.2 Å². The smallest absolute Gasteiger partial charge is 0.177 e. The summed E-state index contributed by atoms with van der Waals surface area (Å²) < 4.78 is 57.3. The molecule has 12 heteroatoms. The maximum atomic E-state index is 13.9. The molecule has 0 spiro atoms. The zero-order chi connectivity index (χ0) is 23.5. The van der Waals surface area contributed by atoms with Gasteiger partial charge in [0, 0.05) is 35.6 Å². The van der Waals surface area contributed by atoms with Crippen LogP contribution >= 0.6 is 23.8 Å². The lowest BCUT2D eigenvalue weighted by Gasteiger charge is -2.08. The molecule has 0 unspecified atom stereocenters. The fourth-order valence-corrected chi connectivity index (χ4v) is 3.33. The molecule has 0 aliphatic heterocycles. The highest BCUT2D eigenvalue weighted by Crippen LogP contribution is 2.20. The fourth-order valence-electron chi connectivity index (χ4n) is 3.00. The lowest BCUT2D eigenvalue weighted by Crippen LogP contribution is -2.20. The Balaban J connectivity index is 1.36. The molecule has 0 saturated carbocycles. The van der Waals surface area contributed by atoms with Crippen molar-refractivity contribution in [2.45, 2.75) is 13.1 Å². The van der Waals surface area contributed by atoms with E-state index in [1.165, 1.54) is 12.3 Å². The first-order valence-electron chi connectivity index (χ1n) is 9.49. The topological polar surface area (TPSA) is 59.7 Å². The average Bonchev–Trinajstić information content (AvgIpc) is 3.40. The Hall–Kier alpha value is -3.44. The molecular weight excluding hydrogens is 480 g/mol. The highest BCUT2D eigenvalue weighted by Gasteiger charge is 2.19. The highest BCUT2D eigenvalue weighted by atomic mass is 35.5. The minimum atomic E-state index is -1.48. The second-order valence-corrected chi connectivity index (χ2v) is 7.79. The number of hydrogen-bond acceptors (Lipinski definition) is 3. The SMILES string of the molecule is Fc1cc(F)c(F)c(Cn2ccc(NC(=S)Nc3ccn(Cc4ccc(Cl)cc4)n3)n2)c1F. The molecule has 0 aliphatic rings. The Morgan fingerprint density at radius 3 is 1.88 bits per heavy atom. The van der Waals surface area contributed by atoms with E-state index in [-0.39, 0.29) is 17.0 Å². The predicted octanol–water partition coefficient (Wildman–Crippen LogP) is 5.19. The largest absolute Gasteiger partial charge is 0.316 e. The maximum Gasteiger partial charge on any atom is 0.177 e. The van der Waals surface area contributed by atoms with Crippen LogP contribution in [0.3, 0.4) is 0 Å². The second kappa shape index (κ2) is 9.59. The molecule has 2 aromatic heterocycles. The van der Waals surface area contributed by atoms with Crippen LogP contribution in [0.1, 0.15) is 11.1 Å². The summed E-state index contributed by atoms with van der Waals surface area (Å²) in [5.74, 6) is -5.15. The van der Waals surface area contributed by atoms with Crippen molar-refractivity contribution in [2.75, 3.05) is 10.6 Å². The van der Waals surface area contributed by atoms with Crippen LogP contribution < -0.4 is 10.6 Å². The van der Waals surface area contributed by atoms with Crippen LogP contribution in [0.4, 0.5) is 29.2 Å². The van der Waals surface area contributed by atoms with Gasteiger partial charge in [-0.2, -0.15) is 10.2 Å². The van der Waals surface area contributed by atoms with Crippen LogP contribution in [-0.4, -0.2) is 24.7 Å². The number of nitrogens with zero attached hydrogens (tertiary/aromatic N) is 4. The number of hydrogen-bond donors (Lipinski definition) is 2. The van der Waals surface area contributed by atoms with E-state index in [1.807, 2.05) is 12.1 Å². The first-order valence-corrected chi connectivity index (χ1v) is 10.3. The molecule has 0 fully saturated rings. The number of halogens is 5. The molecule has 0 atom stereocenters. The quantitative estimate of drug-likeness (QED) is 0.219. The zero-order valence-corrected chi connectivity index (χ0v) is 18.3. The van der Waals surface area contributed by atoms with Crippen LogP contribution in [0.25, 0.3) is 0 Å². The summed E-state index contributed by atoms with van der Waals surface area (Å²) >= 11 is 11.1. The van der Waals surface area contributed by atoms with Crippen LogP contribution in [0, 0.1) is 23.3 Å². The standard InChI is InChI=1S/C21H15ClF4N6S/c22-13-3-1-12(2-4-13)10-31-7-5-17(29-31)27-21(33)28-18-6-8-32(30-18)11-14-19(25)15(23)9-16(24)20(14)26/h1-9H,10-11H2,(H2,27,28,29,30,33). The fraction of sp³-hybridized carbons (Fsp3) is 0.0952. The first kappa shape index (κ1) is 22.7. The van der Waals surface area contributed by atoms with E-state index in [0.29, 0.717) is 17.4 Å². The van der Waals surface area contributed by atoms with Gasteiger partial charge in [0.2, 0.25) is 0 Å². The lowest BCUT2D eigenvalue weighted by molar-refractivity contribution is 0.431. The minimum Gasteiger partial charge on any atom is -0.316 e. The van der Waals surface area contributed by atoms with Crippen LogP contribution in [0.5, 0.6) is 0 Å². The van der Waals surface area contributed by atoms with Gasteiger partial charge < -0.3 is 10.6 Å². The van der Waals surface area contributed by atoms with E-state index in [2.05, 4.69) is 20.8 Å². The van der Waals surface area contributed by atoms with Gasteiger partial charge in [0.15, 0.2) is 40.0 Å². The third-order valence-corrected chi connectivity index (χ3v) is 5.00. The Bertz CT molecular complexity index is 1280. The molecular formula is C21H15ClF4N6S. The molecule has 0 saturated heterocycles.